The Morgan fingerprint density at radius 1 is 1.07 bits per heavy atom. The standard InChI is InChI=1S/C21H23N5O3/c1-24(2)19-7-4-3-6-18(19)20(27)23-16-8-10-17(11-9-16)26(21(28)29)15-14-25-13-5-12-22-25/h3-13H,14-15H2,1-2H3,(H,23,27)(H,28,29). The van der Waals surface area contributed by atoms with Crippen molar-refractivity contribution in [3.8, 4) is 0 Å². The number of benzene rings is 2. The van der Waals surface area contributed by atoms with E-state index in [1.54, 1.807) is 53.5 Å². The summed E-state index contributed by atoms with van der Waals surface area (Å²) in [5.41, 5.74) is 2.49. The normalized spacial score (nSPS) is 10.4. The molecule has 8 nitrogen and oxygen atoms in total. The molecule has 8 heteroatoms. The van der Waals surface area contributed by atoms with Crippen LogP contribution in [-0.2, 0) is 6.54 Å². The van der Waals surface area contributed by atoms with Crippen LogP contribution in [0.1, 0.15) is 10.4 Å². The molecular weight excluding hydrogens is 370 g/mol. The molecule has 0 aliphatic heterocycles. The third-order valence-corrected chi connectivity index (χ3v) is 4.41. The summed E-state index contributed by atoms with van der Waals surface area (Å²) >= 11 is 0. The van der Waals surface area contributed by atoms with Crippen LogP contribution in [0, 0.1) is 0 Å². The Balaban J connectivity index is 1.70. The van der Waals surface area contributed by atoms with E-state index in [1.165, 1.54) is 4.90 Å². The van der Waals surface area contributed by atoms with Crippen molar-refractivity contribution < 1.29 is 14.7 Å². The number of para-hydroxylation sites is 1. The van der Waals surface area contributed by atoms with Gasteiger partial charge in [0.1, 0.15) is 0 Å². The fourth-order valence-corrected chi connectivity index (χ4v) is 2.95. The second kappa shape index (κ2) is 8.92. The zero-order valence-corrected chi connectivity index (χ0v) is 16.3. The Morgan fingerprint density at radius 3 is 2.41 bits per heavy atom. The maximum Gasteiger partial charge on any atom is 0.411 e. The number of carbonyl (C=O) groups is 2. The molecule has 1 aromatic heterocycles. The van der Waals surface area contributed by atoms with Crippen molar-refractivity contribution in [1.82, 2.24) is 9.78 Å². The van der Waals surface area contributed by atoms with E-state index in [0.717, 1.165) is 5.69 Å². The van der Waals surface area contributed by atoms with E-state index < -0.39 is 6.09 Å². The molecular formula is C21H23N5O3. The van der Waals surface area contributed by atoms with Gasteiger partial charge in [0.05, 0.1) is 12.1 Å². The average Bonchev–Trinajstić information content (AvgIpc) is 3.22. The zero-order valence-electron chi connectivity index (χ0n) is 16.3. The van der Waals surface area contributed by atoms with Gasteiger partial charge in [-0.2, -0.15) is 5.10 Å². The first-order chi connectivity index (χ1) is 14.0. The molecule has 0 spiro atoms. The van der Waals surface area contributed by atoms with Gasteiger partial charge in [-0.3, -0.25) is 14.4 Å². The van der Waals surface area contributed by atoms with Crippen LogP contribution >= 0.6 is 0 Å². The van der Waals surface area contributed by atoms with Crippen molar-refractivity contribution in [2.75, 3.05) is 35.8 Å². The van der Waals surface area contributed by atoms with Gasteiger partial charge in [0.15, 0.2) is 0 Å². The fourth-order valence-electron chi connectivity index (χ4n) is 2.95. The number of rotatable bonds is 7. The second-order valence-corrected chi connectivity index (χ2v) is 6.62. The number of nitrogens with zero attached hydrogens (tertiary/aromatic N) is 4. The molecule has 0 aliphatic rings. The molecule has 2 N–H and O–H groups in total. The largest absolute Gasteiger partial charge is 0.465 e. The number of hydrogen-bond donors (Lipinski definition) is 2. The molecule has 3 aromatic rings. The van der Waals surface area contributed by atoms with Crippen LogP contribution < -0.4 is 15.1 Å². The summed E-state index contributed by atoms with van der Waals surface area (Å²) in [5.74, 6) is -0.226. The van der Waals surface area contributed by atoms with E-state index in [9.17, 15) is 14.7 Å². The lowest BCUT2D eigenvalue weighted by atomic mass is 10.1. The molecule has 29 heavy (non-hydrogen) atoms. The van der Waals surface area contributed by atoms with Crippen LogP contribution in [0.5, 0.6) is 0 Å². The summed E-state index contributed by atoms with van der Waals surface area (Å²) in [7, 11) is 3.76. The molecule has 0 saturated heterocycles. The van der Waals surface area contributed by atoms with E-state index in [1.807, 2.05) is 37.2 Å². The predicted octanol–water partition coefficient (Wildman–Crippen LogP) is 3.39. The van der Waals surface area contributed by atoms with E-state index >= 15 is 0 Å². The van der Waals surface area contributed by atoms with Gasteiger partial charge in [0, 0.05) is 50.1 Å². The number of hydrogen-bond acceptors (Lipinski definition) is 4. The van der Waals surface area contributed by atoms with Gasteiger partial charge < -0.3 is 15.3 Å². The molecule has 0 bridgehead atoms. The van der Waals surface area contributed by atoms with Gasteiger partial charge in [-0.05, 0) is 42.5 Å². The van der Waals surface area contributed by atoms with Gasteiger partial charge in [-0.15, -0.1) is 0 Å². The highest BCUT2D eigenvalue weighted by atomic mass is 16.4. The summed E-state index contributed by atoms with van der Waals surface area (Å²) in [6.07, 6.45) is 2.38. The lowest BCUT2D eigenvalue weighted by Gasteiger charge is -2.20. The summed E-state index contributed by atoms with van der Waals surface area (Å²) in [4.78, 5) is 27.4. The summed E-state index contributed by atoms with van der Waals surface area (Å²) < 4.78 is 1.67. The Hall–Kier alpha value is -3.81. The molecule has 0 unspecified atom stereocenters. The molecule has 2 amide bonds. The van der Waals surface area contributed by atoms with Crippen LogP contribution in [0.3, 0.4) is 0 Å². The molecule has 150 valence electrons. The first-order valence-corrected chi connectivity index (χ1v) is 9.11. The van der Waals surface area contributed by atoms with Gasteiger partial charge >= 0.3 is 6.09 Å². The molecule has 0 radical (unpaired) electrons. The minimum Gasteiger partial charge on any atom is -0.465 e. The Bertz CT molecular complexity index is 968. The summed E-state index contributed by atoms with van der Waals surface area (Å²) in [6, 6.07) is 15.8. The number of nitrogens with one attached hydrogen (secondary N) is 1. The van der Waals surface area contributed by atoms with Gasteiger partial charge in [-0.1, -0.05) is 12.1 Å². The fraction of sp³-hybridized carbons (Fsp3) is 0.190. The highest BCUT2D eigenvalue weighted by molar-refractivity contribution is 6.08. The molecule has 1 heterocycles. The van der Waals surface area contributed by atoms with Gasteiger partial charge in [-0.25, -0.2) is 4.79 Å². The maximum absolute atomic E-state index is 12.6. The minimum atomic E-state index is -1.05. The van der Waals surface area contributed by atoms with Crippen molar-refractivity contribution in [2.45, 2.75) is 6.54 Å². The van der Waals surface area contributed by atoms with E-state index in [-0.39, 0.29) is 12.5 Å². The Labute approximate surface area is 169 Å². The van der Waals surface area contributed by atoms with Crippen LogP contribution in [0.25, 0.3) is 0 Å². The molecule has 0 aliphatic carbocycles. The highest BCUT2D eigenvalue weighted by Gasteiger charge is 2.16. The van der Waals surface area contributed by atoms with E-state index in [2.05, 4.69) is 10.4 Å². The SMILES string of the molecule is CN(C)c1ccccc1C(=O)Nc1ccc(N(CCn2cccn2)C(=O)O)cc1. The zero-order chi connectivity index (χ0) is 20.8. The monoisotopic (exact) mass is 393 g/mol. The Morgan fingerprint density at radius 2 is 1.79 bits per heavy atom. The van der Waals surface area contributed by atoms with E-state index in [0.29, 0.717) is 23.5 Å². The minimum absolute atomic E-state index is 0.226. The van der Waals surface area contributed by atoms with Gasteiger partial charge in [0.25, 0.3) is 5.91 Å². The smallest absolute Gasteiger partial charge is 0.411 e. The third-order valence-electron chi connectivity index (χ3n) is 4.41. The topological polar surface area (TPSA) is 90.7 Å². The maximum atomic E-state index is 12.6. The van der Waals surface area contributed by atoms with E-state index in [4.69, 9.17) is 0 Å². The Kier molecular flexibility index (Phi) is 6.13. The van der Waals surface area contributed by atoms with Crippen molar-refractivity contribution in [3.63, 3.8) is 0 Å². The number of carbonyl (C=O) groups excluding carboxylic acids is 1. The second-order valence-electron chi connectivity index (χ2n) is 6.62. The van der Waals surface area contributed by atoms with Crippen LogP contribution in [0.15, 0.2) is 67.0 Å². The van der Waals surface area contributed by atoms with Crippen molar-refractivity contribution in [2.24, 2.45) is 0 Å². The van der Waals surface area contributed by atoms with Crippen LogP contribution in [-0.4, -0.2) is 47.5 Å². The molecule has 0 atom stereocenters. The average molecular weight is 393 g/mol. The van der Waals surface area contributed by atoms with Gasteiger partial charge in [0.2, 0.25) is 0 Å². The molecule has 3 rings (SSSR count). The number of amides is 2. The first-order valence-electron chi connectivity index (χ1n) is 9.11. The van der Waals surface area contributed by atoms with Crippen molar-refractivity contribution in [1.29, 1.82) is 0 Å². The number of anilines is 3. The quantitative estimate of drug-likeness (QED) is 0.642. The predicted molar refractivity (Wildman–Crippen MR) is 113 cm³/mol. The van der Waals surface area contributed by atoms with Crippen LogP contribution in [0.2, 0.25) is 0 Å². The lowest BCUT2D eigenvalue weighted by Crippen LogP contribution is -2.32. The lowest BCUT2D eigenvalue weighted by molar-refractivity contribution is 0.102. The highest BCUT2D eigenvalue weighted by Crippen LogP contribution is 2.22. The number of aromatic nitrogens is 2. The summed E-state index contributed by atoms with van der Waals surface area (Å²) in [6.45, 7) is 0.706. The first kappa shape index (κ1) is 19.9. The van der Waals surface area contributed by atoms with Crippen LogP contribution in [0.4, 0.5) is 21.9 Å². The number of carboxylic acid groups (broad SMARTS) is 1. The van der Waals surface area contributed by atoms with Crippen molar-refractivity contribution in [3.05, 3.63) is 72.6 Å². The molecule has 0 fully saturated rings. The third kappa shape index (κ3) is 4.92. The molecule has 0 saturated carbocycles. The van der Waals surface area contributed by atoms with Crippen molar-refractivity contribution >= 4 is 29.1 Å². The molecule has 2 aromatic carbocycles. The summed E-state index contributed by atoms with van der Waals surface area (Å²) in [5, 5.41) is 16.5.